The number of hydrogen-bond donors (Lipinski definition) is 1. The number of carbonyl (C=O) groups excluding carboxylic acids is 1. The van der Waals surface area contributed by atoms with Crippen LogP contribution in [0, 0.1) is 5.41 Å². The monoisotopic (exact) mass is 294 g/mol. The maximum absolute atomic E-state index is 12.8. The van der Waals surface area contributed by atoms with Gasteiger partial charge in [-0.1, -0.05) is 36.7 Å². The van der Waals surface area contributed by atoms with E-state index in [4.69, 9.17) is 11.6 Å². The van der Waals surface area contributed by atoms with Gasteiger partial charge in [0.2, 0.25) is 5.91 Å². The molecule has 1 heterocycles. The maximum Gasteiger partial charge on any atom is 0.228 e. The molecule has 4 heteroatoms. The van der Waals surface area contributed by atoms with Crippen molar-refractivity contribution in [2.24, 2.45) is 5.41 Å². The van der Waals surface area contributed by atoms with Crippen molar-refractivity contribution in [2.75, 3.05) is 20.1 Å². The van der Waals surface area contributed by atoms with Gasteiger partial charge in [-0.25, -0.2) is 0 Å². The van der Waals surface area contributed by atoms with E-state index in [1.54, 1.807) is 0 Å². The number of amides is 1. The summed E-state index contributed by atoms with van der Waals surface area (Å²) in [6.07, 6.45) is 2.75. The second-order valence-corrected chi connectivity index (χ2v) is 6.04. The van der Waals surface area contributed by atoms with Crippen LogP contribution in [0.15, 0.2) is 24.3 Å². The van der Waals surface area contributed by atoms with Crippen LogP contribution in [0.25, 0.3) is 0 Å². The Labute approximate surface area is 126 Å². The molecule has 0 saturated carbocycles. The molecule has 1 fully saturated rings. The highest BCUT2D eigenvalue weighted by Gasteiger charge is 2.39. The van der Waals surface area contributed by atoms with E-state index in [0.29, 0.717) is 6.54 Å². The lowest BCUT2D eigenvalue weighted by Crippen LogP contribution is -2.47. The SMILES string of the molecule is CCC1(C(=O)N(C)Cc2ccccc2Cl)CCNCC1. The van der Waals surface area contributed by atoms with E-state index in [0.717, 1.165) is 42.9 Å². The summed E-state index contributed by atoms with van der Waals surface area (Å²) in [4.78, 5) is 14.7. The molecule has 1 aromatic carbocycles. The molecular weight excluding hydrogens is 272 g/mol. The van der Waals surface area contributed by atoms with Gasteiger partial charge in [-0.05, 0) is 44.0 Å². The zero-order valence-corrected chi connectivity index (χ0v) is 13.0. The van der Waals surface area contributed by atoms with Crippen molar-refractivity contribution in [3.63, 3.8) is 0 Å². The second-order valence-electron chi connectivity index (χ2n) is 5.64. The molecule has 20 heavy (non-hydrogen) atoms. The van der Waals surface area contributed by atoms with Gasteiger partial charge in [0.15, 0.2) is 0 Å². The summed E-state index contributed by atoms with van der Waals surface area (Å²) in [5.41, 5.74) is 0.812. The predicted molar refractivity (Wildman–Crippen MR) is 82.8 cm³/mol. The fraction of sp³-hybridized carbons (Fsp3) is 0.562. The van der Waals surface area contributed by atoms with E-state index in [1.807, 2.05) is 36.2 Å². The fourth-order valence-electron chi connectivity index (χ4n) is 2.98. The molecule has 0 radical (unpaired) electrons. The Kier molecular flexibility index (Phi) is 5.06. The Morgan fingerprint density at radius 1 is 1.35 bits per heavy atom. The summed E-state index contributed by atoms with van der Waals surface area (Å²) >= 11 is 6.18. The van der Waals surface area contributed by atoms with Crippen molar-refractivity contribution >= 4 is 17.5 Å². The highest BCUT2D eigenvalue weighted by Crippen LogP contribution is 2.35. The molecule has 0 spiro atoms. The zero-order chi connectivity index (χ0) is 14.6. The van der Waals surface area contributed by atoms with E-state index < -0.39 is 0 Å². The third-order valence-electron chi connectivity index (χ3n) is 4.40. The third kappa shape index (κ3) is 3.15. The summed E-state index contributed by atoms with van der Waals surface area (Å²) in [6.45, 7) is 4.55. The number of nitrogens with zero attached hydrogens (tertiary/aromatic N) is 1. The minimum Gasteiger partial charge on any atom is -0.341 e. The Morgan fingerprint density at radius 2 is 2.00 bits per heavy atom. The molecule has 2 rings (SSSR count). The summed E-state index contributed by atoms with van der Waals surface area (Å²) in [5.74, 6) is 0.251. The average Bonchev–Trinajstić information content (AvgIpc) is 2.49. The molecule has 110 valence electrons. The third-order valence-corrected chi connectivity index (χ3v) is 4.77. The standard InChI is InChI=1S/C16H23ClN2O/c1-3-16(8-10-18-11-9-16)15(20)19(2)12-13-6-4-5-7-14(13)17/h4-7,18H,3,8-12H2,1-2H3. The number of carbonyl (C=O) groups is 1. The predicted octanol–water partition coefficient (Wildman–Crippen LogP) is 3.08. The molecule has 0 aliphatic carbocycles. The lowest BCUT2D eigenvalue weighted by atomic mass is 9.75. The number of nitrogens with one attached hydrogen (secondary N) is 1. The van der Waals surface area contributed by atoms with Gasteiger partial charge in [0.25, 0.3) is 0 Å². The first-order valence-corrected chi connectivity index (χ1v) is 7.66. The summed E-state index contributed by atoms with van der Waals surface area (Å²) in [6, 6.07) is 7.72. The van der Waals surface area contributed by atoms with Crippen molar-refractivity contribution in [1.82, 2.24) is 10.2 Å². The molecule has 1 N–H and O–H groups in total. The first kappa shape index (κ1) is 15.3. The van der Waals surface area contributed by atoms with Gasteiger partial charge in [-0.15, -0.1) is 0 Å². The molecule has 3 nitrogen and oxygen atoms in total. The van der Waals surface area contributed by atoms with E-state index in [9.17, 15) is 4.79 Å². The fourth-order valence-corrected chi connectivity index (χ4v) is 3.18. The van der Waals surface area contributed by atoms with Crippen molar-refractivity contribution in [1.29, 1.82) is 0 Å². The Morgan fingerprint density at radius 3 is 2.60 bits per heavy atom. The number of benzene rings is 1. The average molecular weight is 295 g/mol. The Balaban J connectivity index is 2.10. The number of rotatable bonds is 4. The highest BCUT2D eigenvalue weighted by molar-refractivity contribution is 6.31. The van der Waals surface area contributed by atoms with Gasteiger partial charge in [0.1, 0.15) is 0 Å². The maximum atomic E-state index is 12.8. The molecule has 0 bridgehead atoms. The van der Waals surface area contributed by atoms with Gasteiger partial charge in [-0.3, -0.25) is 4.79 Å². The van der Waals surface area contributed by atoms with Gasteiger partial charge in [-0.2, -0.15) is 0 Å². The van der Waals surface area contributed by atoms with Crippen LogP contribution < -0.4 is 5.32 Å². The molecule has 0 atom stereocenters. The van der Waals surface area contributed by atoms with Crippen LogP contribution in [0.4, 0.5) is 0 Å². The Bertz CT molecular complexity index is 469. The quantitative estimate of drug-likeness (QED) is 0.925. The van der Waals surface area contributed by atoms with Crippen molar-refractivity contribution in [3.05, 3.63) is 34.9 Å². The molecule has 1 aromatic rings. The van der Waals surface area contributed by atoms with E-state index in [2.05, 4.69) is 12.2 Å². The highest BCUT2D eigenvalue weighted by atomic mass is 35.5. The number of halogens is 1. The van der Waals surface area contributed by atoms with Crippen LogP contribution in [0.1, 0.15) is 31.7 Å². The lowest BCUT2D eigenvalue weighted by Gasteiger charge is -2.38. The molecule has 1 aliphatic rings. The minimum atomic E-state index is -0.193. The van der Waals surface area contributed by atoms with Crippen LogP contribution in [-0.2, 0) is 11.3 Å². The first-order valence-electron chi connectivity index (χ1n) is 7.29. The number of hydrogen-bond acceptors (Lipinski definition) is 2. The van der Waals surface area contributed by atoms with Gasteiger partial charge in [0.05, 0.1) is 5.41 Å². The van der Waals surface area contributed by atoms with Crippen molar-refractivity contribution < 1.29 is 4.79 Å². The summed E-state index contributed by atoms with van der Waals surface area (Å²) in [7, 11) is 1.88. The normalized spacial score (nSPS) is 17.8. The van der Waals surface area contributed by atoms with Crippen molar-refractivity contribution in [3.8, 4) is 0 Å². The molecule has 1 amide bonds. The molecule has 1 aliphatic heterocycles. The first-order chi connectivity index (χ1) is 9.59. The van der Waals surface area contributed by atoms with Gasteiger partial charge >= 0.3 is 0 Å². The van der Waals surface area contributed by atoms with Crippen LogP contribution in [0.2, 0.25) is 5.02 Å². The van der Waals surface area contributed by atoms with Crippen LogP contribution >= 0.6 is 11.6 Å². The molecular formula is C16H23ClN2O. The summed E-state index contributed by atoms with van der Waals surface area (Å²) < 4.78 is 0. The van der Waals surface area contributed by atoms with Gasteiger partial charge < -0.3 is 10.2 Å². The molecule has 0 aromatic heterocycles. The zero-order valence-electron chi connectivity index (χ0n) is 12.3. The lowest BCUT2D eigenvalue weighted by molar-refractivity contribution is -0.143. The largest absolute Gasteiger partial charge is 0.341 e. The van der Waals surface area contributed by atoms with Gasteiger partial charge in [0, 0.05) is 18.6 Å². The van der Waals surface area contributed by atoms with Crippen LogP contribution in [0.3, 0.4) is 0 Å². The molecule has 1 saturated heterocycles. The van der Waals surface area contributed by atoms with E-state index in [-0.39, 0.29) is 11.3 Å². The number of piperidine rings is 1. The van der Waals surface area contributed by atoms with Crippen LogP contribution in [0.5, 0.6) is 0 Å². The smallest absolute Gasteiger partial charge is 0.228 e. The minimum absolute atomic E-state index is 0.193. The van der Waals surface area contributed by atoms with Crippen molar-refractivity contribution in [2.45, 2.75) is 32.7 Å². The Hall–Kier alpha value is -1.06. The summed E-state index contributed by atoms with van der Waals surface area (Å²) in [5, 5.41) is 4.06. The van der Waals surface area contributed by atoms with E-state index in [1.165, 1.54) is 0 Å². The van der Waals surface area contributed by atoms with Crippen LogP contribution in [-0.4, -0.2) is 30.9 Å². The topological polar surface area (TPSA) is 32.3 Å². The molecule has 0 unspecified atom stereocenters. The van der Waals surface area contributed by atoms with E-state index >= 15 is 0 Å². The second kappa shape index (κ2) is 6.59.